The fourth-order valence-electron chi connectivity index (χ4n) is 4.62. The minimum Gasteiger partial charge on any atom is -0.342 e. The van der Waals surface area contributed by atoms with Gasteiger partial charge in [0.1, 0.15) is 0 Å². The standard InChI is InChI=1S/C22H25NOS/c1-15-6-4-5-7-19(15)25-17-9-10-18-16(14-17)8-11-20-22(18,2)13-12-21(24)23(20)3/h4-7,9-10,14,20H,8,11-13H2,1-3H3/t20-,22-/m1/s1. The van der Waals surface area contributed by atoms with Crippen molar-refractivity contribution in [3.8, 4) is 0 Å². The predicted octanol–water partition coefficient (Wildman–Crippen LogP) is 4.97. The average Bonchev–Trinajstić information content (AvgIpc) is 2.60. The minimum atomic E-state index is 0.0993. The normalized spacial score (nSPS) is 25.5. The number of likely N-dealkylation sites (N-methyl/N-ethyl adjacent to an activating group) is 1. The Morgan fingerprint density at radius 2 is 1.96 bits per heavy atom. The van der Waals surface area contributed by atoms with Gasteiger partial charge in [-0.25, -0.2) is 0 Å². The molecule has 2 aromatic carbocycles. The third-order valence-electron chi connectivity index (χ3n) is 6.16. The first kappa shape index (κ1) is 16.7. The molecule has 25 heavy (non-hydrogen) atoms. The second-order valence-electron chi connectivity index (χ2n) is 7.66. The van der Waals surface area contributed by atoms with Crippen molar-refractivity contribution in [3.05, 3.63) is 59.2 Å². The van der Waals surface area contributed by atoms with E-state index >= 15 is 0 Å². The lowest BCUT2D eigenvalue weighted by Crippen LogP contribution is -2.56. The number of piperidine rings is 1. The number of likely N-dealkylation sites (tertiary alicyclic amines) is 1. The third kappa shape index (κ3) is 2.79. The van der Waals surface area contributed by atoms with Crippen LogP contribution in [-0.2, 0) is 16.6 Å². The van der Waals surface area contributed by atoms with E-state index in [0.717, 1.165) is 19.3 Å². The molecule has 0 unspecified atom stereocenters. The molecule has 1 aliphatic carbocycles. The Bertz CT molecular complexity index is 831. The number of carbonyl (C=O) groups excluding carboxylic acids is 1. The maximum Gasteiger partial charge on any atom is 0.222 e. The van der Waals surface area contributed by atoms with Crippen LogP contribution in [0.4, 0.5) is 0 Å². The van der Waals surface area contributed by atoms with E-state index in [2.05, 4.69) is 56.3 Å². The van der Waals surface area contributed by atoms with Crippen molar-refractivity contribution < 1.29 is 4.79 Å². The summed E-state index contributed by atoms with van der Waals surface area (Å²) in [7, 11) is 1.98. The van der Waals surface area contributed by atoms with Crippen LogP contribution in [0, 0.1) is 6.92 Å². The van der Waals surface area contributed by atoms with Crippen LogP contribution in [0.15, 0.2) is 52.3 Å². The van der Waals surface area contributed by atoms with Gasteiger partial charge in [-0.1, -0.05) is 43.0 Å². The molecule has 0 N–H and O–H groups in total. The van der Waals surface area contributed by atoms with Crippen molar-refractivity contribution >= 4 is 17.7 Å². The van der Waals surface area contributed by atoms with Gasteiger partial charge in [-0.05, 0) is 61.1 Å². The molecule has 1 heterocycles. The molecule has 0 saturated carbocycles. The number of nitrogens with zero attached hydrogens (tertiary/aromatic N) is 1. The molecule has 2 nitrogen and oxygen atoms in total. The van der Waals surface area contributed by atoms with Gasteiger partial charge in [-0.2, -0.15) is 0 Å². The molecule has 0 spiro atoms. The summed E-state index contributed by atoms with van der Waals surface area (Å²) in [4.78, 5) is 16.8. The fourth-order valence-corrected chi connectivity index (χ4v) is 5.59. The average molecular weight is 352 g/mol. The molecule has 2 aliphatic rings. The lowest BCUT2D eigenvalue weighted by Gasteiger charge is -2.50. The van der Waals surface area contributed by atoms with Crippen molar-refractivity contribution in [3.63, 3.8) is 0 Å². The van der Waals surface area contributed by atoms with Crippen LogP contribution in [0.25, 0.3) is 0 Å². The van der Waals surface area contributed by atoms with Gasteiger partial charge in [-0.3, -0.25) is 4.79 Å². The number of hydrogen-bond acceptors (Lipinski definition) is 2. The summed E-state index contributed by atoms with van der Waals surface area (Å²) in [5.74, 6) is 0.303. The molecule has 1 saturated heterocycles. The molecular weight excluding hydrogens is 326 g/mol. The first-order chi connectivity index (χ1) is 12.0. The highest BCUT2D eigenvalue weighted by Gasteiger charge is 2.46. The highest BCUT2D eigenvalue weighted by molar-refractivity contribution is 7.99. The van der Waals surface area contributed by atoms with E-state index < -0.39 is 0 Å². The van der Waals surface area contributed by atoms with E-state index in [-0.39, 0.29) is 5.41 Å². The Balaban J connectivity index is 1.66. The molecule has 0 radical (unpaired) electrons. The van der Waals surface area contributed by atoms with Crippen LogP contribution in [0.5, 0.6) is 0 Å². The van der Waals surface area contributed by atoms with Crippen LogP contribution >= 0.6 is 11.8 Å². The van der Waals surface area contributed by atoms with Gasteiger partial charge in [0.25, 0.3) is 0 Å². The number of benzene rings is 2. The van der Waals surface area contributed by atoms with Crippen molar-refractivity contribution in [1.29, 1.82) is 0 Å². The summed E-state index contributed by atoms with van der Waals surface area (Å²) in [5.41, 5.74) is 4.35. The van der Waals surface area contributed by atoms with Crippen LogP contribution < -0.4 is 0 Å². The Labute approximate surface area is 154 Å². The van der Waals surface area contributed by atoms with Gasteiger partial charge >= 0.3 is 0 Å². The second kappa shape index (κ2) is 6.21. The Morgan fingerprint density at radius 3 is 2.76 bits per heavy atom. The molecule has 4 rings (SSSR count). The van der Waals surface area contributed by atoms with Crippen LogP contribution in [0.2, 0.25) is 0 Å². The third-order valence-corrected chi connectivity index (χ3v) is 7.32. The molecule has 130 valence electrons. The zero-order chi connectivity index (χ0) is 17.6. The Hall–Kier alpha value is -1.74. The molecule has 0 aromatic heterocycles. The summed E-state index contributed by atoms with van der Waals surface area (Å²) in [6.07, 6.45) is 3.78. The van der Waals surface area contributed by atoms with Crippen molar-refractivity contribution in [2.75, 3.05) is 7.05 Å². The summed E-state index contributed by atoms with van der Waals surface area (Å²) < 4.78 is 0. The van der Waals surface area contributed by atoms with E-state index in [1.807, 2.05) is 23.7 Å². The summed E-state index contributed by atoms with van der Waals surface area (Å²) in [6.45, 7) is 4.52. The van der Waals surface area contributed by atoms with Crippen molar-refractivity contribution in [2.45, 2.75) is 60.8 Å². The van der Waals surface area contributed by atoms with Gasteiger partial charge < -0.3 is 4.90 Å². The van der Waals surface area contributed by atoms with Crippen LogP contribution in [0.1, 0.15) is 42.9 Å². The largest absolute Gasteiger partial charge is 0.342 e. The van der Waals surface area contributed by atoms with Crippen molar-refractivity contribution in [2.24, 2.45) is 0 Å². The van der Waals surface area contributed by atoms with Gasteiger partial charge in [0.15, 0.2) is 0 Å². The van der Waals surface area contributed by atoms with Gasteiger partial charge in [0.05, 0.1) is 0 Å². The molecule has 1 fully saturated rings. The van der Waals surface area contributed by atoms with E-state index in [4.69, 9.17) is 0 Å². The van der Waals surface area contributed by atoms with Gasteiger partial charge in [-0.15, -0.1) is 0 Å². The zero-order valence-corrected chi connectivity index (χ0v) is 16.0. The lowest BCUT2D eigenvalue weighted by molar-refractivity contribution is -0.138. The summed E-state index contributed by atoms with van der Waals surface area (Å²) in [6, 6.07) is 15.9. The fraction of sp³-hybridized carbons (Fsp3) is 0.409. The van der Waals surface area contributed by atoms with E-state index in [9.17, 15) is 4.79 Å². The van der Waals surface area contributed by atoms with Crippen molar-refractivity contribution in [1.82, 2.24) is 4.90 Å². The first-order valence-corrected chi connectivity index (χ1v) is 9.93. The van der Waals surface area contributed by atoms with Gasteiger partial charge in [0.2, 0.25) is 5.91 Å². The SMILES string of the molecule is Cc1ccccc1Sc1ccc2c(c1)CC[C@H]1N(C)C(=O)CC[C@]21C. The smallest absolute Gasteiger partial charge is 0.222 e. The number of fused-ring (bicyclic) bond motifs is 3. The minimum absolute atomic E-state index is 0.0993. The number of carbonyl (C=O) groups is 1. The quantitative estimate of drug-likeness (QED) is 0.761. The van der Waals surface area contributed by atoms with E-state index in [1.165, 1.54) is 26.5 Å². The maximum atomic E-state index is 12.1. The predicted molar refractivity (Wildman–Crippen MR) is 103 cm³/mol. The highest BCUT2D eigenvalue weighted by Crippen LogP contribution is 2.46. The maximum absolute atomic E-state index is 12.1. The molecule has 0 bridgehead atoms. The van der Waals surface area contributed by atoms with Crippen LogP contribution in [-0.4, -0.2) is 23.9 Å². The van der Waals surface area contributed by atoms with Crippen LogP contribution in [0.3, 0.4) is 0 Å². The summed E-state index contributed by atoms with van der Waals surface area (Å²) in [5, 5.41) is 0. The lowest BCUT2D eigenvalue weighted by atomic mass is 9.63. The summed E-state index contributed by atoms with van der Waals surface area (Å²) >= 11 is 1.85. The first-order valence-electron chi connectivity index (χ1n) is 9.11. The number of amides is 1. The highest BCUT2D eigenvalue weighted by atomic mass is 32.2. The monoisotopic (exact) mass is 351 g/mol. The molecular formula is C22H25NOS. The number of rotatable bonds is 2. The second-order valence-corrected chi connectivity index (χ2v) is 8.78. The van der Waals surface area contributed by atoms with E-state index in [1.54, 1.807) is 0 Å². The number of aryl methyl sites for hydroxylation is 2. The molecule has 2 atom stereocenters. The number of hydrogen-bond donors (Lipinski definition) is 0. The molecule has 1 amide bonds. The van der Waals surface area contributed by atoms with Gasteiger partial charge in [0, 0.05) is 34.7 Å². The molecule has 3 heteroatoms. The zero-order valence-electron chi connectivity index (χ0n) is 15.2. The topological polar surface area (TPSA) is 20.3 Å². The molecule has 2 aromatic rings. The Morgan fingerprint density at radius 1 is 1.16 bits per heavy atom. The van der Waals surface area contributed by atoms with E-state index in [0.29, 0.717) is 18.4 Å². The molecule has 1 aliphatic heterocycles. The Kier molecular flexibility index (Phi) is 4.15.